The minimum atomic E-state index is 0.155. The van der Waals surface area contributed by atoms with Crippen molar-refractivity contribution in [2.45, 2.75) is 13.0 Å². The molecular formula is C8H11NS. The van der Waals surface area contributed by atoms with E-state index in [1.54, 1.807) is 11.3 Å². The molecule has 0 fully saturated rings. The van der Waals surface area contributed by atoms with E-state index in [1.165, 1.54) is 4.88 Å². The van der Waals surface area contributed by atoms with Crippen LogP contribution in [0.3, 0.4) is 0 Å². The van der Waals surface area contributed by atoms with Gasteiger partial charge in [-0.05, 0) is 24.4 Å². The molecule has 1 aromatic rings. The Bertz CT molecular complexity index is 199. The highest BCUT2D eigenvalue weighted by Gasteiger charge is 1.86. The van der Waals surface area contributed by atoms with Crippen LogP contribution in [-0.2, 0) is 0 Å². The van der Waals surface area contributed by atoms with Crippen molar-refractivity contribution in [3.8, 4) is 0 Å². The zero-order chi connectivity index (χ0) is 7.40. The minimum Gasteiger partial charge on any atom is -0.325 e. The fourth-order valence-corrected chi connectivity index (χ4v) is 1.26. The van der Waals surface area contributed by atoms with Gasteiger partial charge in [0, 0.05) is 10.9 Å². The third-order valence-electron chi connectivity index (χ3n) is 1.11. The van der Waals surface area contributed by atoms with E-state index in [4.69, 9.17) is 5.73 Å². The van der Waals surface area contributed by atoms with Gasteiger partial charge in [-0.1, -0.05) is 12.1 Å². The molecule has 1 rings (SSSR count). The first kappa shape index (κ1) is 7.51. The summed E-state index contributed by atoms with van der Waals surface area (Å²) in [6, 6.07) is 4.26. The van der Waals surface area contributed by atoms with Gasteiger partial charge in [0.15, 0.2) is 0 Å². The van der Waals surface area contributed by atoms with Crippen LogP contribution in [0.1, 0.15) is 11.8 Å². The molecule has 0 aromatic carbocycles. The average molecular weight is 153 g/mol. The van der Waals surface area contributed by atoms with Crippen LogP contribution in [-0.4, -0.2) is 6.04 Å². The van der Waals surface area contributed by atoms with Gasteiger partial charge in [-0.25, -0.2) is 0 Å². The van der Waals surface area contributed by atoms with E-state index in [-0.39, 0.29) is 6.04 Å². The summed E-state index contributed by atoms with van der Waals surface area (Å²) in [6.45, 7) is 1.96. The fraction of sp³-hybridized carbons (Fsp3) is 0.250. The van der Waals surface area contributed by atoms with Gasteiger partial charge in [-0.2, -0.15) is 0 Å². The quantitative estimate of drug-likeness (QED) is 0.692. The molecule has 0 spiro atoms. The normalized spacial score (nSPS) is 14.2. The molecule has 0 aliphatic rings. The van der Waals surface area contributed by atoms with Crippen LogP contribution >= 0.6 is 11.3 Å². The van der Waals surface area contributed by atoms with Crippen molar-refractivity contribution in [3.63, 3.8) is 0 Å². The molecule has 0 radical (unpaired) electrons. The molecule has 10 heavy (non-hydrogen) atoms. The first-order valence-corrected chi connectivity index (χ1v) is 4.14. The zero-order valence-corrected chi connectivity index (χ0v) is 6.77. The predicted octanol–water partition coefficient (Wildman–Crippen LogP) is 2.11. The van der Waals surface area contributed by atoms with Crippen molar-refractivity contribution in [1.29, 1.82) is 0 Å². The molecule has 1 aromatic heterocycles. The molecule has 0 amide bonds. The molecule has 54 valence electrons. The number of nitrogens with two attached hydrogens (primary N) is 1. The molecule has 0 saturated heterocycles. The summed E-state index contributed by atoms with van der Waals surface area (Å²) in [6.07, 6.45) is 4.04. The maximum atomic E-state index is 5.53. The van der Waals surface area contributed by atoms with Crippen LogP contribution in [0.25, 0.3) is 6.08 Å². The summed E-state index contributed by atoms with van der Waals surface area (Å²) >= 11 is 1.72. The Kier molecular flexibility index (Phi) is 2.66. The molecule has 1 nitrogen and oxygen atoms in total. The summed E-state index contributed by atoms with van der Waals surface area (Å²) < 4.78 is 0. The van der Waals surface area contributed by atoms with Crippen LogP contribution in [0.5, 0.6) is 0 Å². The lowest BCUT2D eigenvalue weighted by molar-refractivity contribution is 0.931. The van der Waals surface area contributed by atoms with Crippen molar-refractivity contribution in [3.05, 3.63) is 28.5 Å². The average Bonchev–Trinajstić information content (AvgIpc) is 2.34. The van der Waals surface area contributed by atoms with Crippen LogP contribution in [0.4, 0.5) is 0 Å². The molecule has 0 aliphatic heterocycles. The van der Waals surface area contributed by atoms with E-state index in [9.17, 15) is 0 Å². The lowest BCUT2D eigenvalue weighted by atomic mass is 10.3. The van der Waals surface area contributed by atoms with E-state index < -0.39 is 0 Å². The number of hydrogen-bond acceptors (Lipinski definition) is 2. The highest BCUT2D eigenvalue weighted by molar-refractivity contribution is 7.10. The van der Waals surface area contributed by atoms with Gasteiger partial charge in [-0.3, -0.25) is 0 Å². The maximum absolute atomic E-state index is 5.53. The number of thiophene rings is 1. The molecule has 0 saturated carbocycles. The van der Waals surface area contributed by atoms with Gasteiger partial charge in [0.05, 0.1) is 0 Å². The van der Waals surface area contributed by atoms with Crippen LogP contribution in [0.15, 0.2) is 23.6 Å². The molecule has 1 heterocycles. The van der Waals surface area contributed by atoms with E-state index in [1.807, 2.05) is 19.1 Å². The second kappa shape index (κ2) is 3.54. The van der Waals surface area contributed by atoms with Gasteiger partial charge in [0.25, 0.3) is 0 Å². The van der Waals surface area contributed by atoms with Crippen LogP contribution < -0.4 is 5.73 Å². The van der Waals surface area contributed by atoms with Crippen LogP contribution in [0, 0.1) is 0 Å². The lowest BCUT2D eigenvalue weighted by Gasteiger charge is -1.91. The molecule has 0 bridgehead atoms. The highest BCUT2D eigenvalue weighted by Crippen LogP contribution is 2.09. The standard InChI is InChI=1S/C8H11NS/c1-7(9)4-5-8-3-2-6-10-8/h2-7H,9H2,1H3/b5-4+. The minimum absolute atomic E-state index is 0.155. The summed E-state index contributed by atoms with van der Waals surface area (Å²) in [5.74, 6) is 0. The van der Waals surface area contributed by atoms with Gasteiger partial charge in [0.2, 0.25) is 0 Å². The smallest absolute Gasteiger partial charge is 0.0267 e. The molecule has 2 N–H and O–H groups in total. The first-order chi connectivity index (χ1) is 4.79. The summed E-state index contributed by atoms with van der Waals surface area (Å²) in [5.41, 5.74) is 5.53. The van der Waals surface area contributed by atoms with Crippen molar-refractivity contribution in [2.24, 2.45) is 5.73 Å². The lowest BCUT2D eigenvalue weighted by Crippen LogP contribution is -2.09. The number of rotatable bonds is 2. The topological polar surface area (TPSA) is 26.0 Å². The Morgan fingerprint density at radius 1 is 1.70 bits per heavy atom. The number of hydrogen-bond donors (Lipinski definition) is 1. The summed E-state index contributed by atoms with van der Waals surface area (Å²) in [4.78, 5) is 1.26. The highest BCUT2D eigenvalue weighted by atomic mass is 32.1. The van der Waals surface area contributed by atoms with Gasteiger partial charge in [0.1, 0.15) is 0 Å². The van der Waals surface area contributed by atoms with Gasteiger partial charge in [-0.15, -0.1) is 11.3 Å². The Morgan fingerprint density at radius 3 is 3.00 bits per heavy atom. The van der Waals surface area contributed by atoms with Crippen molar-refractivity contribution >= 4 is 17.4 Å². The van der Waals surface area contributed by atoms with E-state index >= 15 is 0 Å². The third kappa shape index (κ3) is 2.33. The van der Waals surface area contributed by atoms with Crippen LogP contribution in [0.2, 0.25) is 0 Å². The SMILES string of the molecule is CC(N)/C=C/c1cccs1. The third-order valence-corrected chi connectivity index (χ3v) is 1.94. The molecule has 0 aliphatic carbocycles. The Balaban J connectivity index is 2.55. The second-order valence-electron chi connectivity index (χ2n) is 2.23. The van der Waals surface area contributed by atoms with E-state index in [2.05, 4.69) is 17.5 Å². The largest absolute Gasteiger partial charge is 0.325 e. The summed E-state index contributed by atoms with van der Waals surface area (Å²) in [7, 11) is 0. The van der Waals surface area contributed by atoms with Crippen molar-refractivity contribution < 1.29 is 0 Å². The Labute approximate surface area is 65.2 Å². The second-order valence-corrected chi connectivity index (χ2v) is 3.21. The molecule has 2 heteroatoms. The molecular weight excluding hydrogens is 142 g/mol. The van der Waals surface area contributed by atoms with Gasteiger partial charge < -0.3 is 5.73 Å². The molecule has 1 atom stereocenters. The van der Waals surface area contributed by atoms with Gasteiger partial charge >= 0.3 is 0 Å². The van der Waals surface area contributed by atoms with E-state index in [0.29, 0.717) is 0 Å². The summed E-state index contributed by atoms with van der Waals surface area (Å²) in [5, 5.41) is 2.06. The maximum Gasteiger partial charge on any atom is 0.0267 e. The zero-order valence-electron chi connectivity index (χ0n) is 5.95. The predicted molar refractivity (Wildman–Crippen MR) is 47.0 cm³/mol. The fourth-order valence-electron chi connectivity index (χ4n) is 0.633. The van der Waals surface area contributed by atoms with Crippen molar-refractivity contribution in [1.82, 2.24) is 0 Å². The van der Waals surface area contributed by atoms with E-state index in [0.717, 1.165) is 0 Å². The Morgan fingerprint density at radius 2 is 2.50 bits per heavy atom. The molecule has 1 unspecified atom stereocenters. The Hall–Kier alpha value is -0.600. The van der Waals surface area contributed by atoms with Crippen molar-refractivity contribution in [2.75, 3.05) is 0 Å². The first-order valence-electron chi connectivity index (χ1n) is 3.26. The monoisotopic (exact) mass is 153 g/mol.